The molecule has 0 aromatic carbocycles. The number of aliphatic hydroxyl groups excluding tert-OH is 1. The van der Waals surface area contributed by atoms with E-state index in [1.165, 1.54) is 0 Å². The van der Waals surface area contributed by atoms with Crippen molar-refractivity contribution in [1.29, 1.82) is 0 Å². The number of hydrogen-bond donors (Lipinski definition) is 1. The van der Waals surface area contributed by atoms with Gasteiger partial charge in [0.1, 0.15) is 6.10 Å². The molecule has 13 heavy (non-hydrogen) atoms. The molecule has 0 heterocycles. The summed E-state index contributed by atoms with van der Waals surface area (Å²) in [5.41, 5.74) is -0.524. The van der Waals surface area contributed by atoms with Crippen molar-refractivity contribution in [1.82, 2.24) is 0 Å². The van der Waals surface area contributed by atoms with Crippen molar-refractivity contribution < 1.29 is 14.6 Å². The smallest absolute Gasteiger partial charge is 0.106 e. The number of rotatable bonds is 6. The van der Waals surface area contributed by atoms with Crippen molar-refractivity contribution in [2.24, 2.45) is 0 Å². The van der Waals surface area contributed by atoms with Crippen LogP contribution in [0.5, 0.6) is 0 Å². The molecule has 0 aliphatic heterocycles. The highest BCUT2D eigenvalue weighted by Crippen LogP contribution is 2.15. The van der Waals surface area contributed by atoms with Crippen LogP contribution in [0, 0.1) is 0 Å². The van der Waals surface area contributed by atoms with E-state index in [-0.39, 0.29) is 6.10 Å². The first-order valence-corrected chi connectivity index (χ1v) is 4.83. The van der Waals surface area contributed by atoms with Crippen molar-refractivity contribution in [3.63, 3.8) is 0 Å². The lowest BCUT2D eigenvalue weighted by Gasteiger charge is -2.30. The molecule has 80 valence electrons. The summed E-state index contributed by atoms with van der Waals surface area (Å²) < 4.78 is 10.7. The summed E-state index contributed by atoms with van der Waals surface area (Å²) in [4.78, 5) is 0. The van der Waals surface area contributed by atoms with Gasteiger partial charge in [0.15, 0.2) is 0 Å². The third-order valence-electron chi connectivity index (χ3n) is 1.91. The lowest BCUT2D eigenvalue weighted by Crippen LogP contribution is -2.42. The highest BCUT2D eigenvalue weighted by Gasteiger charge is 2.28. The molecule has 0 rings (SSSR count). The van der Waals surface area contributed by atoms with Gasteiger partial charge < -0.3 is 14.6 Å². The summed E-state index contributed by atoms with van der Waals surface area (Å²) in [6.45, 7) is 10.5. The largest absolute Gasteiger partial charge is 0.388 e. The molecule has 1 atom stereocenters. The van der Waals surface area contributed by atoms with Crippen molar-refractivity contribution in [2.75, 3.05) is 13.2 Å². The normalized spacial score (nSPS) is 15.0. The molecule has 3 nitrogen and oxygen atoms in total. The van der Waals surface area contributed by atoms with Gasteiger partial charge in [0.2, 0.25) is 0 Å². The summed E-state index contributed by atoms with van der Waals surface area (Å²) in [6, 6.07) is 0. The molecule has 0 saturated heterocycles. The third-order valence-corrected chi connectivity index (χ3v) is 1.91. The van der Waals surface area contributed by atoms with Crippen LogP contribution in [0.25, 0.3) is 0 Å². The number of hydrogen-bond acceptors (Lipinski definition) is 3. The second-order valence-corrected chi connectivity index (χ2v) is 3.93. The predicted octanol–water partition coefficient (Wildman–Crippen LogP) is 1.59. The van der Waals surface area contributed by atoms with Gasteiger partial charge in [0, 0.05) is 6.61 Å². The van der Waals surface area contributed by atoms with Crippen molar-refractivity contribution >= 4 is 0 Å². The highest BCUT2D eigenvalue weighted by molar-refractivity contribution is 4.78. The van der Waals surface area contributed by atoms with Crippen LogP contribution in [0.2, 0.25) is 0 Å². The van der Waals surface area contributed by atoms with Gasteiger partial charge in [-0.3, -0.25) is 0 Å². The van der Waals surface area contributed by atoms with Gasteiger partial charge in [-0.25, -0.2) is 0 Å². The zero-order chi connectivity index (χ0) is 10.5. The molecule has 1 unspecified atom stereocenters. The van der Waals surface area contributed by atoms with Crippen LogP contribution in [0.15, 0.2) is 0 Å². The van der Waals surface area contributed by atoms with E-state index in [1.807, 2.05) is 34.6 Å². The van der Waals surface area contributed by atoms with Gasteiger partial charge in [-0.05, 0) is 34.6 Å². The van der Waals surface area contributed by atoms with Gasteiger partial charge in [0.05, 0.1) is 18.3 Å². The molecule has 0 saturated carbocycles. The van der Waals surface area contributed by atoms with Crippen LogP contribution in [0.3, 0.4) is 0 Å². The first-order chi connectivity index (χ1) is 5.90. The summed E-state index contributed by atoms with van der Waals surface area (Å²) in [7, 11) is 0. The molecule has 0 aromatic heterocycles. The zero-order valence-corrected chi connectivity index (χ0v) is 9.33. The quantitative estimate of drug-likeness (QED) is 0.691. The average molecular weight is 190 g/mol. The van der Waals surface area contributed by atoms with Crippen molar-refractivity contribution in [3.8, 4) is 0 Å². The van der Waals surface area contributed by atoms with Crippen LogP contribution in [-0.2, 0) is 9.47 Å². The Labute approximate surface area is 81.0 Å². The Morgan fingerprint density at radius 3 is 2.23 bits per heavy atom. The van der Waals surface area contributed by atoms with Crippen molar-refractivity contribution in [3.05, 3.63) is 0 Å². The van der Waals surface area contributed by atoms with Crippen molar-refractivity contribution in [2.45, 2.75) is 52.4 Å². The van der Waals surface area contributed by atoms with E-state index in [0.717, 1.165) is 0 Å². The zero-order valence-electron chi connectivity index (χ0n) is 9.33. The second-order valence-electron chi connectivity index (χ2n) is 3.93. The minimum atomic E-state index is -0.574. The Kier molecular flexibility index (Phi) is 5.53. The maximum absolute atomic E-state index is 9.71. The Morgan fingerprint density at radius 1 is 1.31 bits per heavy atom. The lowest BCUT2D eigenvalue weighted by molar-refractivity contribution is -0.127. The van der Waals surface area contributed by atoms with Crippen LogP contribution in [0.1, 0.15) is 34.6 Å². The Hall–Kier alpha value is -0.120. The SMILES string of the molecule is CCOC(C)(C)C(O)COC(C)C. The molecular weight excluding hydrogens is 168 g/mol. The Bertz CT molecular complexity index is 132. The molecule has 0 spiro atoms. The molecule has 1 N–H and O–H groups in total. The molecule has 0 bridgehead atoms. The van der Waals surface area contributed by atoms with E-state index in [0.29, 0.717) is 13.2 Å². The standard InChI is InChI=1S/C10H22O3/c1-6-13-10(4,5)9(11)7-12-8(2)3/h8-9,11H,6-7H2,1-5H3. The molecule has 0 radical (unpaired) electrons. The Morgan fingerprint density at radius 2 is 1.85 bits per heavy atom. The fourth-order valence-corrected chi connectivity index (χ4v) is 0.952. The van der Waals surface area contributed by atoms with E-state index >= 15 is 0 Å². The van der Waals surface area contributed by atoms with E-state index < -0.39 is 11.7 Å². The van der Waals surface area contributed by atoms with E-state index in [1.54, 1.807) is 0 Å². The number of ether oxygens (including phenoxy) is 2. The molecule has 0 amide bonds. The molecule has 3 heteroatoms. The summed E-state index contributed by atoms with van der Waals surface area (Å²) >= 11 is 0. The minimum Gasteiger partial charge on any atom is -0.388 e. The molecule has 0 aromatic rings. The maximum Gasteiger partial charge on any atom is 0.106 e. The fraction of sp³-hybridized carbons (Fsp3) is 1.00. The second kappa shape index (κ2) is 5.58. The van der Waals surface area contributed by atoms with Gasteiger partial charge in [-0.1, -0.05) is 0 Å². The number of aliphatic hydroxyl groups is 1. The van der Waals surface area contributed by atoms with Crippen LogP contribution in [0.4, 0.5) is 0 Å². The maximum atomic E-state index is 9.71. The van der Waals surface area contributed by atoms with E-state index in [2.05, 4.69) is 0 Å². The predicted molar refractivity (Wildman–Crippen MR) is 52.8 cm³/mol. The van der Waals surface area contributed by atoms with Gasteiger partial charge >= 0.3 is 0 Å². The first kappa shape index (κ1) is 12.9. The lowest BCUT2D eigenvalue weighted by atomic mass is 10.0. The van der Waals surface area contributed by atoms with Crippen LogP contribution < -0.4 is 0 Å². The summed E-state index contributed by atoms with van der Waals surface area (Å²) in [5, 5.41) is 9.71. The van der Waals surface area contributed by atoms with Gasteiger partial charge in [-0.15, -0.1) is 0 Å². The summed E-state index contributed by atoms with van der Waals surface area (Å²) in [6.07, 6.45) is -0.429. The van der Waals surface area contributed by atoms with Crippen LogP contribution >= 0.6 is 0 Å². The first-order valence-electron chi connectivity index (χ1n) is 4.83. The van der Waals surface area contributed by atoms with Gasteiger partial charge in [-0.2, -0.15) is 0 Å². The molecular formula is C10H22O3. The van der Waals surface area contributed by atoms with E-state index in [4.69, 9.17) is 9.47 Å². The Balaban J connectivity index is 3.86. The topological polar surface area (TPSA) is 38.7 Å². The molecule has 0 aliphatic carbocycles. The third kappa shape index (κ3) is 5.24. The monoisotopic (exact) mass is 190 g/mol. The summed E-state index contributed by atoms with van der Waals surface area (Å²) in [5.74, 6) is 0. The minimum absolute atomic E-state index is 0.145. The van der Waals surface area contributed by atoms with E-state index in [9.17, 15) is 5.11 Å². The highest BCUT2D eigenvalue weighted by atomic mass is 16.5. The molecule has 0 aliphatic rings. The fourth-order valence-electron chi connectivity index (χ4n) is 0.952. The average Bonchev–Trinajstić information content (AvgIpc) is 1.99. The molecule has 0 fully saturated rings. The van der Waals surface area contributed by atoms with Gasteiger partial charge in [0.25, 0.3) is 0 Å². The van der Waals surface area contributed by atoms with Crippen LogP contribution in [-0.4, -0.2) is 36.1 Å².